The number of sulfonamides is 1. The highest BCUT2D eigenvalue weighted by molar-refractivity contribution is 7.92. The van der Waals surface area contributed by atoms with Gasteiger partial charge in [0.1, 0.15) is 12.6 Å². The summed E-state index contributed by atoms with van der Waals surface area (Å²) >= 11 is 0. The number of anilines is 1. The summed E-state index contributed by atoms with van der Waals surface area (Å²) in [5, 5.41) is 2.86. The second-order valence-electron chi connectivity index (χ2n) is 9.69. The van der Waals surface area contributed by atoms with E-state index in [4.69, 9.17) is 0 Å². The first-order valence-corrected chi connectivity index (χ1v) is 14.3. The van der Waals surface area contributed by atoms with Crippen molar-refractivity contribution in [3.8, 4) is 0 Å². The standard InChI is InChI=1S/C30H37N3O4S/c1-6-25-16-18-27(19-17-25)33(38(36,37)28-10-8-7-9-11-28)21-29(34)32(24(5)30(35)31-22(2)3)20-26-14-12-23(4)13-15-26/h7-19,22,24H,6,20-21H2,1-5H3,(H,31,35)/t24-/m0/s1. The summed E-state index contributed by atoms with van der Waals surface area (Å²) in [7, 11) is -4.06. The molecule has 0 saturated heterocycles. The number of rotatable bonds is 11. The first kappa shape index (κ1) is 28.9. The highest BCUT2D eigenvalue weighted by Crippen LogP contribution is 2.25. The molecule has 0 spiro atoms. The zero-order valence-corrected chi connectivity index (χ0v) is 23.5. The van der Waals surface area contributed by atoms with Gasteiger partial charge in [0.15, 0.2) is 0 Å². The number of carbonyl (C=O) groups is 2. The summed E-state index contributed by atoms with van der Waals surface area (Å²) in [6.45, 7) is 9.07. The van der Waals surface area contributed by atoms with Crippen molar-refractivity contribution in [3.63, 3.8) is 0 Å². The molecule has 0 radical (unpaired) electrons. The second-order valence-corrected chi connectivity index (χ2v) is 11.6. The molecule has 0 aliphatic carbocycles. The number of nitrogens with one attached hydrogen (secondary N) is 1. The van der Waals surface area contributed by atoms with Crippen LogP contribution in [0, 0.1) is 6.92 Å². The van der Waals surface area contributed by atoms with E-state index in [1.165, 1.54) is 17.0 Å². The Labute approximate surface area is 226 Å². The maximum atomic E-state index is 13.9. The van der Waals surface area contributed by atoms with Crippen LogP contribution in [0.4, 0.5) is 5.69 Å². The lowest BCUT2D eigenvalue weighted by Crippen LogP contribution is -2.52. The Kier molecular flexibility index (Phi) is 9.69. The van der Waals surface area contributed by atoms with Crippen LogP contribution in [0.2, 0.25) is 0 Å². The molecular formula is C30H37N3O4S. The van der Waals surface area contributed by atoms with Gasteiger partial charge in [0.2, 0.25) is 11.8 Å². The molecule has 202 valence electrons. The van der Waals surface area contributed by atoms with E-state index in [0.717, 1.165) is 27.4 Å². The van der Waals surface area contributed by atoms with Crippen molar-refractivity contribution in [2.45, 2.75) is 64.6 Å². The molecule has 0 saturated carbocycles. The molecule has 1 atom stereocenters. The van der Waals surface area contributed by atoms with Gasteiger partial charge in [-0.25, -0.2) is 8.42 Å². The minimum atomic E-state index is -4.06. The lowest BCUT2D eigenvalue weighted by atomic mass is 10.1. The van der Waals surface area contributed by atoms with E-state index in [-0.39, 0.29) is 23.4 Å². The predicted octanol–water partition coefficient (Wildman–Crippen LogP) is 4.69. The van der Waals surface area contributed by atoms with Gasteiger partial charge in [-0.2, -0.15) is 0 Å². The number of hydrogen-bond donors (Lipinski definition) is 1. The number of hydrogen-bond acceptors (Lipinski definition) is 4. The molecule has 8 heteroatoms. The second kappa shape index (κ2) is 12.7. The number of amides is 2. The minimum absolute atomic E-state index is 0.0862. The van der Waals surface area contributed by atoms with Gasteiger partial charge in [-0.3, -0.25) is 13.9 Å². The van der Waals surface area contributed by atoms with Gasteiger partial charge in [-0.15, -0.1) is 0 Å². The van der Waals surface area contributed by atoms with E-state index in [2.05, 4.69) is 5.32 Å². The molecule has 0 unspecified atom stereocenters. The SMILES string of the molecule is CCc1ccc(N(CC(=O)N(Cc2ccc(C)cc2)[C@@H](C)C(=O)NC(C)C)S(=O)(=O)c2ccccc2)cc1. The van der Waals surface area contributed by atoms with Crippen LogP contribution < -0.4 is 9.62 Å². The topological polar surface area (TPSA) is 86.8 Å². The maximum absolute atomic E-state index is 13.9. The average Bonchev–Trinajstić information content (AvgIpc) is 2.91. The van der Waals surface area contributed by atoms with E-state index in [1.807, 2.05) is 64.1 Å². The molecule has 1 N–H and O–H groups in total. The molecule has 7 nitrogen and oxygen atoms in total. The Balaban J connectivity index is 2.01. The van der Waals surface area contributed by atoms with E-state index < -0.39 is 28.5 Å². The fourth-order valence-electron chi connectivity index (χ4n) is 4.02. The normalized spacial score (nSPS) is 12.2. The number of benzene rings is 3. The summed E-state index contributed by atoms with van der Waals surface area (Å²) in [5.74, 6) is -0.777. The Hall–Kier alpha value is -3.65. The Bertz CT molecular complexity index is 1320. The fraction of sp³-hybridized carbons (Fsp3) is 0.333. The molecule has 0 fully saturated rings. The lowest BCUT2D eigenvalue weighted by Gasteiger charge is -2.32. The van der Waals surface area contributed by atoms with Crippen molar-refractivity contribution in [1.82, 2.24) is 10.2 Å². The van der Waals surface area contributed by atoms with Crippen molar-refractivity contribution in [2.75, 3.05) is 10.8 Å². The van der Waals surface area contributed by atoms with E-state index >= 15 is 0 Å². The molecule has 0 aliphatic rings. The van der Waals surface area contributed by atoms with Gasteiger partial charge in [0, 0.05) is 12.6 Å². The van der Waals surface area contributed by atoms with Crippen LogP contribution in [0.3, 0.4) is 0 Å². The zero-order chi connectivity index (χ0) is 27.9. The van der Waals surface area contributed by atoms with Crippen LogP contribution in [-0.4, -0.2) is 43.8 Å². The van der Waals surface area contributed by atoms with Crippen molar-refractivity contribution < 1.29 is 18.0 Å². The van der Waals surface area contributed by atoms with Crippen molar-refractivity contribution in [2.24, 2.45) is 0 Å². The third-order valence-corrected chi connectivity index (χ3v) is 8.10. The molecule has 0 aliphatic heterocycles. The quantitative estimate of drug-likeness (QED) is 0.386. The van der Waals surface area contributed by atoms with Gasteiger partial charge in [-0.1, -0.05) is 67.1 Å². The molecular weight excluding hydrogens is 498 g/mol. The monoisotopic (exact) mass is 535 g/mol. The van der Waals surface area contributed by atoms with Gasteiger partial charge in [0.25, 0.3) is 10.0 Å². The van der Waals surface area contributed by atoms with Gasteiger partial charge >= 0.3 is 0 Å². The largest absolute Gasteiger partial charge is 0.352 e. The van der Waals surface area contributed by atoms with Gasteiger partial charge < -0.3 is 10.2 Å². The number of aryl methyl sites for hydroxylation is 2. The van der Waals surface area contributed by atoms with Crippen LogP contribution in [0.15, 0.2) is 83.8 Å². The Morgan fingerprint density at radius 1 is 0.842 bits per heavy atom. The molecule has 0 bridgehead atoms. The van der Waals surface area contributed by atoms with Crippen LogP contribution in [-0.2, 0) is 32.6 Å². The highest BCUT2D eigenvalue weighted by Gasteiger charge is 2.32. The van der Waals surface area contributed by atoms with Crippen molar-refractivity contribution >= 4 is 27.5 Å². The van der Waals surface area contributed by atoms with Crippen molar-refractivity contribution in [1.29, 1.82) is 0 Å². The maximum Gasteiger partial charge on any atom is 0.264 e. The lowest BCUT2D eigenvalue weighted by molar-refractivity contribution is -0.139. The molecule has 3 aromatic rings. The van der Waals surface area contributed by atoms with Crippen molar-refractivity contribution in [3.05, 3.63) is 95.6 Å². The average molecular weight is 536 g/mol. The summed E-state index contributed by atoms with van der Waals surface area (Å²) in [5.41, 5.74) is 3.36. The number of nitrogens with zero attached hydrogens (tertiary/aromatic N) is 2. The third-order valence-electron chi connectivity index (χ3n) is 6.31. The first-order valence-electron chi connectivity index (χ1n) is 12.8. The summed E-state index contributed by atoms with van der Waals surface area (Å²) in [4.78, 5) is 28.3. The molecule has 2 amide bonds. The van der Waals surface area contributed by atoms with E-state index in [0.29, 0.717) is 5.69 Å². The summed E-state index contributed by atoms with van der Waals surface area (Å²) in [6.07, 6.45) is 0.803. The molecule has 0 heterocycles. The first-order chi connectivity index (χ1) is 18.0. The molecule has 0 aromatic heterocycles. The molecule has 38 heavy (non-hydrogen) atoms. The Morgan fingerprint density at radius 2 is 1.42 bits per heavy atom. The zero-order valence-electron chi connectivity index (χ0n) is 22.7. The third kappa shape index (κ3) is 7.22. The highest BCUT2D eigenvalue weighted by atomic mass is 32.2. The van der Waals surface area contributed by atoms with Gasteiger partial charge in [-0.05, 0) is 69.5 Å². The summed E-state index contributed by atoms with van der Waals surface area (Å²) in [6, 6.07) is 22.0. The van der Waals surface area contributed by atoms with E-state index in [1.54, 1.807) is 37.3 Å². The van der Waals surface area contributed by atoms with E-state index in [9.17, 15) is 18.0 Å². The predicted molar refractivity (Wildman–Crippen MR) is 151 cm³/mol. The van der Waals surface area contributed by atoms with Crippen LogP contribution in [0.25, 0.3) is 0 Å². The summed E-state index contributed by atoms with van der Waals surface area (Å²) < 4.78 is 28.7. The molecule has 3 rings (SSSR count). The van der Waals surface area contributed by atoms with Crippen LogP contribution in [0.5, 0.6) is 0 Å². The fourth-order valence-corrected chi connectivity index (χ4v) is 5.46. The smallest absolute Gasteiger partial charge is 0.264 e. The van der Waals surface area contributed by atoms with Crippen LogP contribution in [0.1, 0.15) is 44.4 Å². The minimum Gasteiger partial charge on any atom is -0.352 e. The van der Waals surface area contributed by atoms with Gasteiger partial charge in [0.05, 0.1) is 10.6 Å². The Morgan fingerprint density at radius 3 is 1.97 bits per heavy atom. The number of carbonyl (C=O) groups excluding carboxylic acids is 2. The molecule has 3 aromatic carbocycles. The van der Waals surface area contributed by atoms with Crippen LogP contribution >= 0.6 is 0 Å².